The Labute approximate surface area is 106 Å². The van der Waals surface area contributed by atoms with Crippen LogP contribution in [0.4, 0.5) is 0 Å². The molecule has 0 aromatic carbocycles. The van der Waals surface area contributed by atoms with E-state index in [1.54, 1.807) is 6.07 Å². The first-order valence-electron chi connectivity index (χ1n) is 6.22. The van der Waals surface area contributed by atoms with Crippen molar-refractivity contribution >= 4 is 5.91 Å². The van der Waals surface area contributed by atoms with Gasteiger partial charge in [0.1, 0.15) is 0 Å². The first-order valence-corrected chi connectivity index (χ1v) is 6.22. The number of aromatic amines is 1. The molecule has 0 bridgehead atoms. The number of pyridine rings is 1. The van der Waals surface area contributed by atoms with Gasteiger partial charge in [0.15, 0.2) is 0 Å². The molecule has 0 saturated carbocycles. The molecule has 5 heteroatoms. The SMILES string of the molecule is CN(C)C1CCN(C(=O)c2ccc(=O)[nH]c2)CC1. The number of H-pyrrole nitrogens is 1. The van der Waals surface area contributed by atoms with Gasteiger partial charge in [-0.3, -0.25) is 9.59 Å². The van der Waals surface area contributed by atoms with Crippen molar-refractivity contribution in [1.29, 1.82) is 0 Å². The Hall–Kier alpha value is -1.62. The quantitative estimate of drug-likeness (QED) is 0.832. The number of nitrogens with zero attached hydrogens (tertiary/aromatic N) is 2. The maximum Gasteiger partial charge on any atom is 0.255 e. The van der Waals surface area contributed by atoms with E-state index in [1.165, 1.54) is 12.3 Å². The van der Waals surface area contributed by atoms with Crippen molar-refractivity contribution in [3.8, 4) is 0 Å². The lowest BCUT2D eigenvalue weighted by Gasteiger charge is -2.35. The van der Waals surface area contributed by atoms with Crippen LogP contribution in [0.15, 0.2) is 23.1 Å². The molecule has 1 aromatic rings. The summed E-state index contributed by atoms with van der Waals surface area (Å²) in [6, 6.07) is 3.53. The second-order valence-electron chi connectivity index (χ2n) is 4.93. The number of piperidine rings is 1. The summed E-state index contributed by atoms with van der Waals surface area (Å²) < 4.78 is 0. The van der Waals surface area contributed by atoms with E-state index in [9.17, 15) is 9.59 Å². The Balaban J connectivity index is 1.99. The van der Waals surface area contributed by atoms with Crippen LogP contribution in [0.25, 0.3) is 0 Å². The van der Waals surface area contributed by atoms with Crippen molar-refractivity contribution in [1.82, 2.24) is 14.8 Å². The van der Waals surface area contributed by atoms with Gasteiger partial charge in [-0.25, -0.2) is 0 Å². The average Bonchev–Trinajstić information content (AvgIpc) is 2.39. The predicted octanol–water partition coefficient (Wildman–Crippen LogP) is 0.541. The second-order valence-corrected chi connectivity index (χ2v) is 4.93. The van der Waals surface area contributed by atoms with Crippen molar-refractivity contribution in [2.45, 2.75) is 18.9 Å². The molecule has 2 rings (SSSR count). The van der Waals surface area contributed by atoms with Gasteiger partial charge in [-0.1, -0.05) is 0 Å². The monoisotopic (exact) mass is 249 g/mol. The number of carbonyl (C=O) groups excluding carboxylic acids is 1. The summed E-state index contributed by atoms with van der Waals surface area (Å²) in [4.78, 5) is 29.7. The minimum Gasteiger partial charge on any atom is -0.338 e. The van der Waals surface area contributed by atoms with E-state index in [-0.39, 0.29) is 11.5 Å². The molecule has 0 radical (unpaired) electrons. The van der Waals surface area contributed by atoms with Crippen molar-refractivity contribution in [3.63, 3.8) is 0 Å². The molecule has 98 valence electrons. The minimum atomic E-state index is -0.183. The molecule has 1 aromatic heterocycles. The highest BCUT2D eigenvalue weighted by Gasteiger charge is 2.24. The van der Waals surface area contributed by atoms with Crippen LogP contribution >= 0.6 is 0 Å². The van der Waals surface area contributed by atoms with Crippen LogP contribution in [-0.2, 0) is 0 Å². The molecule has 2 heterocycles. The van der Waals surface area contributed by atoms with Crippen molar-refractivity contribution in [2.75, 3.05) is 27.2 Å². The first-order chi connectivity index (χ1) is 8.58. The summed E-state index contributed by atoms with van der Waals surface area (Å²) in [5.74, 6) is 0.00320. The van der Waals surface area contributed by atoms with Crippen molar-refractivity contribution in [3.05, 3.63) is 34.2 Å². The van der Waals surface area contributed by atoms with E-state index in [2.05, 4.69) is 24.0 Å². The third kappa shape index (κ3) is 2.79. The standard InChI is InChI=1S/C13H19N3O2/c1-15(2)11-5-7-16(8-6-11)13(18)10-3-4-12(17)14-9-10/h3-4,9,11H,5-8H2,1-2H3,(H,14,17). The molecule has 1 aliphatic rings. The molecular weight excluding hydrogens is 230 g/mol. The smallest absolute Gasteiger partial charge is 0.255 e. The van der Waals surface area contributed by atoms with E-state index in [0.717, 1.165) is 25.9 Å². The molecule has 1 fully saturated rings. The van der Waals surface area contributed by atoms with Crippen LogP contribution in [0.3, 0.4) is 0 Å². The minimum absolute atomic E-state index is 0.00320. The summed E-state index contributed by atoms with van der Waals surface area (Å²) in [5, 5.41) is 0. The Morgan fingerprint density at radius 2 is 2.00 bits per heavy atom. The number of rotatable bonds is 2. The van der Waals surface area contributed by atoms with Crippen LogP contribution in [0.1, 0.15) is 23.2 Å². The molecule has 0 unspecified atom stereocenters. The number of likely N-dealkylation sites (tertiary alicyclic amines) is 1. The Morgan fingerprint density at radius 1 is 1.33 bits per heavy atom. The van der Waals surface area contributed by atoms with Crippen molar-refractivity contribution < 1.29 is 4.79 Å². The molecule has 1 amide bonds. The molecule has 0 spiro atoms. The fraction of sp³-hybridized carbons (Fsp3) is 0.538. The number of nitrogens with one attached hydrogen (secondary N) is 1. The van der Waals surface area contributed by atoms with Gasteiger partial charge in [0, 0.05) is 31.4 Å². The highest BCUT2D eigenvalue weighted by atomic mass is 16.2. The van der Waals surface area contributed by atoms with Gasteiger partial charge in [-0.2, -0.15) is 0 Å². The maximum absolute atomic E-state index is 12.2. The summed E-state index contributed by atoms with van der Waals surface area (Å²) in [6.45, 7) is 1.56. The first kappa shape index (κ1) is 12.8. The van der Waals surface area contributed by atoms with Gasteiger partial charge in [-0.05, 0) is 33.0 Å². The Bertz CT molecular complexity index is 453. The molecule has 1 saturated heterocycles. The number of aromatic nitrogens is 1. The van der Waals surface area contributed by atoms with E-state index in [1.807, 2.05) is 4.90 Å². The maximum atomic E-state index is 12.2. The summed E-state index contributed by atoms with van der Waals surface area (Å²) in [6.07, 6.45) is 3.49. The van der Waals surface area contributed by atoms with Gasteiger partial charge >= 0.3 is 0 Å². The normalized spacial score (nSPS) is 17.2. The molecule has 0 atom stereocenters. The number of hydrogen-bond acceptors (Lipinski definition) is 3. The lowest BCUT2D eigenvalue weighted by Crippen LogP contribution is -2.44. The van der Waals surface area contributed by atoms with Gasteiger partial charge < -0.3 is 14.8 Å². The number of amides is 1. The molecule has 18 heavy (non-hydrogen) atoms. The number of hydrogen-bond donors (Lipinski definition) is 1. The summed E-state index contributed by atoms with van der Waals surface area (Å²) in [7, 11) is 4.15. The predicted molar refractivity (Wildman–Crippen MR) is 69.7 cm³/mol. The Morgan fingerprint density at radius 3 is 2.50 bits per heavy atom. The lowest BCUT2D eigenvalue weighted by molar-refractivity contribution is 0.0663. The molecule has 0 aliphatic carbocycles. The molecule has 1 aliphatic heterocycles. The van der Waals surface area contributed by atoms with Gasteiger partial charge in [0.05, 0.1) is 5.56 Å². The van der Waals surface area contributed by atoms with Crippen LogP contribution in [0.2, 0.25) is 0 Å². The third-order valence-electron chi connectivity index (χ3n) is 3.51. The van der Waals surface area contributed by atoms with Gasteiger partial charge in [0.25, 0.3) is 5.91 Å². The Kier molecular flexibility index (Phi) is 3.81. The van der Waals surface area contributed by atoms with Crippen molar-refractivity contribution in [2.24, 2.45) is 0 Å². The zero-order valence-corrected chi connectivity index (χ0v) is 10.8. The van der Waals surface area contributed by atoms with Gasteiger partial charge in [0.2, 0.25) is 5.56 Å². The van der Waals surface area contributed by atoms with Gasteiger partial charge in [-0.15, -0.1) is 0 Å². The molecular formula is C13H19N3O2. The summed E-state index contributed by atoms with van der Waals surface area (Å²) >= 11 is 0. The van der Waals surface area contributed by atoms with Crippen LogP contribution in [0, 0.1) is 0 Å². The fourth-order valence-electron chi connectivity index (χ4n) is 2.31. The fourth-order valence-corrected chi connectivity index (χ4v) is 2.31. The largest absolute Gasteiger partial charge is 0.338 e. The lowest BCUT2D eigenvalue weighted by atomic mass is 10.0. The zero-order valence-electron chi connectivity index (χ0n) is 10.8. The molecule has 1 N–H and O–H groups in total. The van der Waals surface area contributed by atoms with Crippen LogP contribution < -0.4 is 5.56 Å². The van der Waals surface area contributed by atoms with E-state index in [0.29, 0.717) is 11.6 Å². The van der Waals surface area contributed by atoms with Crippen LogP contribution in [0.5, 0.6) is 0 Å². The van der Waals surface area contributed by atoms with E-state index < -0.39 is 0 Å². The summed E-state index contributed by atoms with van der Waals surface area (Å²) in [5.41, 5.74) is 0.371. The van der Waals surface area contributed by atoms with E-state index in [4.69, 9.17) is 0 Å². The molecule has 5 nitrogen and oxygen atoms in total. The van der Waals surface area contributed by atoms with E-state index >= 15 is 0 Å². The highest BCUT2D eigenvalue weighted by Crippen LogP contribution is 2.16. The van der Waals surface area contributed by atoms with Crippen LogP contribution in [-0.4, -0.2) is 53.9 Å². The number of carbonyl (C=O) groups is 1. The third-order valence-corrected chi connectivity index (χ3v) is 3.51. The highest BCUT2D eigenvalue weighted by molar-refractivity contribution is 5.93. The average molecular weight is 249 g/mol. The zero-order chi connectivity index (χ0) is 13.1. The second kappa shape index (κ2) is 5.35. The topological polar surface area (TPSA) is 56.4 Å².